The average molecular weight is 476 g/mol. The molecule has 1 amide bonds. The van der Waals surface area contributed by atoms with Gasteiger partial charge in [-0.25, -0.2) is 8.42 Å². The first-order valence-corrected chi connectivity index (χ1v) is 10.6. The van der Waals surface area contributed by atoms with E-state index in [0.29, 0.717) is 0 Å². The molecule has 2 aromatic rings. The molecule has 0 saturated heterocycles. The third-order valence-electron chi connectivity index (χ3n) is 3.91. The maximum atomic E-state index is 12.8. The van der Waals surface area contributed by atoms with E-state index in [9.17, 15) is 13.2 Å². The van der Waals surface area contributed by atoms with Gasteiger partial charge in [-0.05, 0) is 42.8 Å². The highest BCUT2D eigenvalue weighted by Gasteiger charge is 2.27. The molecule has 146 valence electrons. The monoisotopic (exact) mass is 474 g/mol. The summed E-state index contributed by atoms with van der Waals surface area (Å²) in [5.74, 6) is -0.260. The number of ether oxygens (including phenoxy) is 1. The van der Waals surface area contributed by atoms with Crippen LogP contribution in [0, 0.1) is 0 Å². The van der Waals surface area contributed by atoms with Crippen molar-refractivity contribution in [3.8, 4) is 5.75 Å². The van der Waals surface area contributed by atoms with Gasteiger partial charge in [-0.15, -0.1) is 0 Å². The van der Waals surface area contributed by atoms with Crippen LogP contribution in [0.1, 0.15) is 18.5 Å². The first kappa shape index (κ1) is 21.7. The van der Waals surface area contributed by atoms with Gasteiger partial charge in [0.2, 0.25) is 15.9 Å². The molecule has 1 N–H and O–H groups in total. The van der Waals surface area contributed by atoms with Crippen LogP contribution in [0.2, 0.25) is 5.02 Å². The van der Waals surface area contributed by atoms with Crippen LogP contribution in [-0.2, 0) is 14.8 Å². The molecule has 0 unspecified atom stereocenters. The zero-order valence-electron chi connectivity index (χ0n) is 15.1. The molecule has 0 fully saturated rings. The number of likely N-dealkylation sites (N-methyl/N-ethyl adjacent to an activating group) is 1. The lowest BCUT2D eigenvalue weighted by Gasteiger charge is -2.20. The predicted octanol–water partition coefficient (Wildman–Crippen LogP) is 3.61. The Kier molecular flexibility index (Phi) is 7.27. The summed E-state index contributed by atoms with van der Waals surface area (Å²) in [6, 6.07) is 11.6. The van der Waals surface area contributed by atoms with Crippen LogP contribution in [-0.4, -0.2) is 39.3 Å². The van der Waals surface area contributed by atoms with Crippen LogP contribution in [0.15, 0.2) is 51.8 Å². The van der Waals surface area contributed by atoms with Gasteiger partial charge in [-0.2, -0.15) is 4.31 Å². The van der Waals surface area contributed by atoms with Gasteiger partial charge in [0.1, 0.15) is 10.6 Å². The summed E-state index contributed by atoms with van der Waals surface area (Å²) in [5.41, 5.74) is 0.903. The molecular weight excluding hydrogens is 456 g/mol. The summed E-state index contributed by atoms with van der Waals surface area (Å²) < 4.78 is 32.6. The highest BCUT2D eigenvalue weighted by Crippen LogP contribution is 2.29. The van der Waals surface area contributed by atoms with Crippen molar-refractivity contribution in [1.29, 1.82) is 0 Å². The molecule has 27 heavy (non-hydrogen) atoms. The molecule has 9 heteroatoms. The molecular formula is C18H20BrClN2O4S. The number of carbonyl (C=O) groups excluding carboxylic acids is 1. The maximum absolute atomic E-state index is 12.8. The molecule has 0 heterocycles. The third-order valence-corrected chi connectivity index (χ3v) is 6.46. The summed E-state index contributed by atoms with van der Waals surface area (Å²) in [4.78, 5) is 12.2. The van der Waals surface area contributed by atoms with Crippen LogP contribution in [0.25, 0.3) is 0 Å². The number of hydrogen-bond donors (Lipinski definition) is 1. The molecule has 6 nitrogen and oxygen atoms in total. The van der Waals surface area contributed by atoms with Gasteiger partial charge in [0.25, 0.3) is 0 Å². The standard InChI is InChI=1S/C18H20BrClN2O4S/c1-12(13-5-4-6-14(19)9-13)21-18(23)11-22(2)27(24,25)17-10-15(20)7-8-16(17)26-3/h4-10,12H,11H2,1-3H3,(H,21,23)/t12-/m1/s1. The normalized spacial score (nSPS) is 12.7. The van der Waals surface area contributed by atoms with E-state index in [4.69, 9.17) is 16.3 Å². The largest absolute Gasteiger partial charge is 0.495 e. The van der Waals surface area contributed by atoms with Crippen molar-refractivity contribution in [2.24, 2.45) is 0 Å². The van der Waals surface area contributed by atoms with Crippen molar-refractivity contribution in [3.63, 3.8) is 0 Å². The van der Waals surface area contributed by atoms with Gasteiger partial charge >= 0.3 is 0 Å². The number of sulfonamides is 1. The summed E-state index contributed by atoms with van der Waals surface area (Å²) in [5, 5.41) is 3.05. The van der Waals surface area contributed by atoms with Gasteiger partial charge in [0.05, 0.1) is 19.7 Å². The molecule has 2 aromatic carbocycles. The smallest absolute Gasteiger partial charge is 0.247 e. The number of methoxy groups -OCH3 is 1. The fourth-order valence-corrected chi connectivity index (χ4v) is 4.41. The van der Waals surface area contributed by atoms with Gasteiger partial charge < -0.3 is 10.1 Å². The number of rotatable bonds is 7. The number of carbonyl (C=O) groups is 1. The molecule has 2 rings (SSSR count). The van der Waals surface area contributed by atoms with E-state index in [0.717, 1.165) is 14.3 Å². The number of nitrogens with one attached hydrogen (secondary N) is 1. The average Bonchev–Trinajstić information content (AvgIpc) is 2.61. The zero-order valence-corrected chi connectivity index (χ0v) is 18.2. The Morgan fingerprint density at radius 3 is 2.63 bits per heavy atom. The van der Waals surface area contributed by atoms with Crippen LogP contribution in [0.5, 0.6) is 5.75 Å². The highest BCUT2D eigenvalue weighted by atomic mass is 79.9. The van der Waals surface area contributed by atoms with Gasteiger partial charge in [0, 0.05) is 16.5 Å². The lowest BCUT2D eigenvalue weighted by Crippen LogP contribution is -2.39. The Hall–Kier alpha value is -1.61. The van der Waals surface area contributed by atoms with Crippen molar-refractivity contribution in [2.75, 3.05) is 20.7 Å². The van der Waals surface area contributed by atoms with E-state index in [2.05, 4.69) is 21.2 Å². The molecule has 0 spiro atoms. The summed E-state index contributed by atoms with van der Waals surface area (Å²) in [6.07, 6.45) is 0. The Bertz CT molecular complexity index is 937. The Morgan fingerprint density at radius 1 is 1.30 bits per heavy atom. The molecule has 0 bridgehead atoms. The molecule has 0 aliphatic heterocycles. The molecule has 0 saturated carbocycles. The summed E-state index contributed by atoms with van der Waals surface area (Å²) in [7, 11) is -1.25. The van der Waals surface area contributed by atoms with Crippen LogP contribution in [0.3, 0.4) is 0 Å². The Morgan fingerprint density at radius 2 is 2.00 bits per heavy atom. The second kappa shape index (κ2) is 9.05. The van der Waals surface area contributed by atoms with Crippen molar-refractivity contribution in [2.45, 2.75) is 17.9 Å². The maximum Gasteiger partial charge on any atom is 0.247 e. The fraction of sp³-hybridized carbons (Fsp3) is 0.278. The van der Waals surface area contributed by atoms with Crippen LogP contribution < -0.4 is 10.1 Å². The van der Waals surface area contributed by atoms with E-state index in [1.165, 1.54) is 32.4 Å². The van der Waals surface area contributed by atoms with Crippen LogP contribution in [0.4, 0.5) is 0 Å². The lowest BCUT2D eigenvalue weighted by molar-refractivity contribution is -0.121. The van der Waals surface area contributed by atoms with Crippen molar-refractivity contribution in [1.82, 2.24) is 9.62 Å². The van der Waals surface area contributed by atoms with Gasteiger partial charge in [0.15, 0.2) is 0 Å². The minimum absolute atomic E-state index is 0.0900. The Balaban J connectivity index is 2.12. The number of hydrogen-bond acceptors (Lipinski definition) is 4. The molecule has 0 aliphatic carbocycles. The second-order valence-corrected chi connectivity index (χ2v) is 9.27. The third kappa shape index (κ3) is 5.44. The second-order valence-electron chi connectivity index (χ2n) is 5.90. The first-order valence-electron chi connectivity index (χ1n) is 8.00. The zero-order chi connectivity index (χ0) is 20.2. The summed E-state index contributed by atoms with van der Waals surface area (Å²) in [6.45, 7) is 1.49. The molecule has 0 aliphatic rings. The predicted molar refractivity (Wildman–Crippen MR) is 109 cm³/mol. The van der Waals surface area contributed by atoms with Crippen molar-refractivity contribution < 1.29 is 17.9 Å². The quantitative estimate of drug-likeness (QED) is 0.664. The minimum atomic E-state index is -3.95. The van der Waals surface area contributed by atoms with E-state index in [1.807, 2.05) is 31.2 Å². The lowest BCUT2D eigenvalue weighted by atomic mass is 10.1. The Labute approximate surface area is 172 Å². The van der Waals surface area contributed by atoms with Crippen molar-refractivity contribution in [3.05, 3.63) is 57.5 Å². The van der Waals surface area contributed by atoms with E-state index >= 15 is 0 Å². The van der Waals surface area contributed by atoms with Gasteiger partial charge in [-0.3, -0.25) is 4.79 Å². The highest BCUT2D eigenvalue weighted by molar-refractivity contribution is 9.10. The minimum Gasteiger partial charge on any atom is -0.495 e. The molecule has 0 aromatic heterocycles. The molecule has 1 atom stereocenters. The number of nitrogens with zero attached hydrogens (tertiary/aromatic N) is 1. The fourth-order valence-electron chi connectivity index (χ4n) is 2.45. The van der Waals surface area contributed by atoms with Crippen LogP contribution >= 0.6 is 27.5 Å². The van der Waals surface area contributed by atoms with Crippen molar-refractivity contribution >= 4 is 43.5 Å². The number of halogens is 2. The van der Waals surface area contributed by atoms with E-state index < -0.39 is 15.9 Å². The number of amides is 1. The summed E-state index contributed by atoms with van der Waals surface area (Å²) >= 11 is 9.30. The SMILES string of the molecule is COc1ccc(Cl)cc1S(=O)(=O)N(C)CC(=O)N[C@H](C)c1cccc(Br)c1. The van der Waals surface area contributed by atoms with E-state index in [-0.39, 0.29) is 28.3 Å². The topological polar surface area (TPSA) is 75.7 Å². The first-order chi connectivity index (χ1) is 12.6. The number of benzene rings is 2. The van der Waals surface area contributed by atoms with Gasteiger partial charge in [-0.1, -0.05) is 39.7 Å². The van der Waals surface area contributed by atoms with E-state index in [1.54, 1.807) is 0 Å². The molecule has 0 radical (unpaired) electrons.